The summed E-state index contributed by atoms with van der Waals surface area (Å²) in [5, 5.41) is 62.7. The van der Waals surface area contributed by atoms with Crippen molar-refractivity contribution in [3.8, 4) is 22.3 Å². The smallest absolute Gasteiger partial charge is 0.476 e. The number of rotatable bonds is 19. The van der Waals surface area contributed by atoms with Gasteiger partial charge in [-0.3, -0.25) is 4.79 Å². The largest absolute Gasteiger partial charge is 0.519 e. The minimum atomic E-state index is -1.66. The molecule has 25 nitrogen and oxygen atoms in total. The van der Waals surface area contributed by atoms with Gasteiger partial charge < -0.3 is 63.9 Å². The summed E-state index contributed by atoms with van der Waals surface area (Å²) in [6.07, 6.45) is -0.990. The molecule has 0 saturated carbocycles. The highest BCUT2D eigenvalue weighted by molar-refractivity contribution is 6.31. The molecule has 79 heavy (non-hydrogen) atoms. The van der Waals surface area contributed by atoms with Gasteiger partial charge in [-0.05, 0) is 102 Å². The second-order valence-electron chi connectivity index (χ2n) is 16.9. The number of carbonyl (C=O) groups is 4. The third-order valence-electron chi connectivity index (χ3n) is 11.1. The molecule has 4 aromatic heterocycles. The number of carboxylic acids is 1. The summed E-state index contributed by atoms with van der Waals surface area (Å²) in [6, 6.07) is 21.1. The summed E-state index contributed by atoms with van der Waals surface area (Å²) < 4.78 is 57.0. The molecular weight excluding hydrogens is 1090 g/mol. The summed E-state index contributed by atoms with van der Waals surface area (Å²) in [7, 11) is 0. The van der Waals surface area contributed by atoms with E-state index in [1.807, 2.05) is 0 Å². The molecule has 4 atom stereocenters. The molecule has 0 spiro atoms. The van der Waals surface area contributed by atoms with Crippen molar-refractivity contribution in [2.24, 2.45) is 5.73 Å². The van der Waals surface area contributed by atoms with E-state index >= 15 is 0 Å². The Labute approximate surface area is 452 Å². The van der Waals surface area contributed by atoms with Gasteiger partial charge in [0.15, 0.2) is 59.9 Å². The lowest BCUT2D eigenvalue weighted by atomic mass is 9.97. The van der Waals surface area contributed by atoms with Crippen LogP contribution in [0.2, 0.25) is 10.0 Å². The Morgan fingerprint density at radius 2 is 1.09 bits per heavy atom. The Morgan fingerprint density at radius 1 is 0.658 bits per heavy atom. The lowest BCUT2D eigenvalue weighted by Crippen LogP contribution is -2.41. The Morgan fingerprint density at radius 3 is 1.48 bits per heavy atom. The van der Waals surface area contributed by atoms with E-state index in [-0.39, 0.29) is 66.1 Å². The molecule has 8 aromatic rings. The molecule has 0 saturated heterocycles. The van der Waals surface area contributed by atoms with E-state index in [4.69, 9.17) is 62.0 Å². The number of aromatic nitrogens is 6. The SMILES string of the molecule is Cc1oc(=O)oc1COC(=O)[C@H](O)C[C@@H](Cc1ccc(-c2cc(Cl)ccc2F)cc1)NC(=O)c1cn(O)nn1.Cc1oc(=O)oc1COC(=O)[C@H](O)C[C@H](N)Cc1ccc(-c2cc(Cl)ccc2F)cc1.O=C(O)c1cn(O)nn1. The highest BCUT2D eigenvalue weighted by Crippen LogP contribution is 2.28. The fraction of sp³-hybridized carbons (Fsp3) is 0.240. The van der Waals surface area contributed by atoms with Crippen LogP contribution in [0, 0.1) is 25.5 Å². The topological polar surface area (TPSA) is 374 Å². The second-order valence-corrected chi connectivity index (χ2v) is 17.8. The van der Waals surface area contributed by atoms with Crippen LogP contribution in [0.1, 0.15) is 68.0 Å². The quantitative estimate of drug-likeness (QED) is 0.0402. The van der Waals surface area contributed by atoms with Gasteiger partial charge in [-0.15, -0.1) is 10.2 Å². The lowest BCUT2D eigenvalue weighted by molar-refractivity contribution is -0.156. The molecule has 4 heterocycles. The van der Waals surface area contributed by atoms with E-state index in [1.165, 1.54) is 44.2 Å². The second kappa shape index (κ2) is 27.3. The van der Waals surface area contributed by atoms with Gasteiger partial charge in [0.1, 0.15) is 17.8 Å². The van der Waals surface area contributed by atoms with Gasteiger partial charge in [-0.1, -0.05) is 81.4 Å². The van der Waals surface area contributed by atoms with E-state index in [1.54, 1.807) is 54.6 Å². The van der Waals surface area contributed by atoms with Crippen molar-refractivity contribution in [1.82, 2.24) is 35.6 Å². The first-order valence-corrected chi connectivity index (χ1v) is 23.8. The zero-order chi connectivity index (χ0) is 57.5. The third kappa shape index (κ3) is 17.5. The first kappa shape index (κ1) is 59.2. The highest BCUT2D eigenvalue weighted by Gasteiger charge is 2.27. The molecule has 0 radical (unpaired) electrons. The van der Waals surface area contributed by atoms with Crippen molar-refractivity contribution in [3.63, 3.8) is 0 Å². The van der Waals surface area contributed by atoms with E-state index in [2.05, 4.69) is 30.4 Å². The van der Waals surface area contributed by atoms with E-state index in [0.29, 0.717) is 54.0 Å². The zero-order valence-electron chi connectivity index (χ0n) is 41.2. The molecule has 8 N–H and O–H groups in total. The third-order valence-corrected chi connectivity index (χ3v) is 11.5. The number of carbonyl (C=O) groups excluding carboxylic acids is 3. The van der Waals surface area contributed by atoms with Gasteiger partial charge in [0, 0.05) is 39.7 Å². The number of ether oxygens (including phenoxy) is 2. The van der Waals surface area contributed by atoms with E-state index in [9.17, 15) is 53.0 Å². The Balaban J connectivity index is 0.000000224. The maximum atomic E-state index is 14.3. The number of aliphatic hydroxyl groups is 2. The molecule has 416 valence electrons. The van der Waals surface area contributed by atoms with Crippen molar-refractivity contribution in [2.45, 2.75) is 77.0 Å². The predicted octanol–water partition coefficient (Wildman–Crippen LogP) is 5.24. The number of carboxylic acid groups (broad SMARTS) is 1. The number of hydrogen-bond acceptors (Lipinski definition) is 21. The molecule has 0 bridgehead atoms. The van der Waals surface area contributed by atoms with Gasteiger partial charge in [0.05, 0.1) is 6.20 Å². The summed E-state index contributed by atoms with van der Waals surface area (Å²) in [4.78, 5) is 69.8. The number of nitrogens with zero attached hydrogens (tertiary/aromatic N) is 6. The van der Waals surface area contributed by atoms with Gasteiger partial charge >= 0.3 is 29.6 Å². The zero-order valence-corrected chi connectivity index (χ0v) is 42.7. The number of aromatic carboxylic acids is 1. The van der Waals surface area contributed by atoms with Crippen molar-refractivity contribution in [3.05, 3.63) is 186 Å². The van der Waals surface area contributed by atoms with Crippen LogP contribution < -0.4 is 22.7 Å². The van der Waals surface area contributed by atoms with Crippen molar-refractivity contribution in [1.29, 1.82) is 0 Å². The predicted molar refractivity (Wildman–Crippen MR) is 267 cm³/mol. The maximum absolute atomic E-state index is 14.3. The van der Waals surface area contributed by atoms with Crippen molar-refractivity contribution in [2.75, 3.05) is 0 Å². The molecule has 0 unspecified atom stereocenters. The number of amides is 1. The van der Waals surface area contributed by atoms with Gasteiger partial charge in [0.2, 0.25) is 0 Å². The molecule has 8 rings (SSSR count). The average Bonchev–Trinajstić information content (AvgIpc) is 4.21. The van der Waals surface area contributed by atoms with Crippen molar-refractivity contribution < 1.29 is 80.8 Å². The van der Waals surface area contributed by atoms with Crippen LogP contribution in [0.5, 0.6) is 0 Å². The summed E-state index contributed by atoms with van der Waals surface area (Å²) in [6.45, 7) is 2.17. The standard InChI is InChI=1S/C25H22ClFN4O8.C22H21ClFNO6.C3H3N3O3/c1-13-22(39-25(35)38-13)12-37-24(34)21(32)10-17(28-23(33)20-11-31(36)30-29-20)8-14-2-4-15(5-3-14)18-9-16(26)6-7-19(18)27;1-12-20(31-22(28)30-12)11-29-21(27)19(26)10-16(25)8-13-2-4-14(5-3-13)17-9-15(23)6-7-18(17)24;7-3(8)2-1-6(9)5-4-2/h2-7,9,11,17,21,32,36H,8,10,12H2,1H3,(H,28,33);2-7,9,16,19,26H,8,10-11,25H2,1H3;1,9H,(H,7,8)/t17-,21-;16-,19-;/m11./s1. The van der Waals surface area contributed by atoms with Crippen LogP contribution in [0.4, 0.5) is 8.78 Å². The number of halogens is 4. The number of aliphatic hydroxyl groups excluding tert-OH is 2. The normalized spacial score (nSPS) is 12.4. The number of benzene rings is 4. The van der Waals surface area contributed by atoms with Gasteiger partial charge in [-0.2, -0.15) is 0 Å². The number of nitrogens with two attached hydrogens (primary N) is 1. The monoisotopic (exact) mass is 1140 g/mol. The van der Waals surface area contributed by atoms with Crippen LogP contribution in [-0.2, 0) is 45.1 Å². The summed E-state index contributed by atoms with van der Waals surface area (Å²) in [5.74, 6) is -6.10. The van der Waals surface area contributed by atoms with Gasteiger partial charge in [0.25, 0.3) is 5.91 Å². The molecule has 29 heteroatoms. The lowest BCUT2D eigenvalue weighted by Gasteiger charge is -2.21. The fourth-order valence-electron chi connectivity index (χ4n) is 7.14. The van der Waals surface area contributed by atoms with Crippen LogP contribution >= 0.6 is 23.2 Å². The first-order chi connectivity index (χ1) is 37.5. The summed E-state index contributed by atoms with van der Waals surface area (Å²) in [5.41, 5.74) is 9.07. The first-order valence-electron chi connectivity index (χ1n) is 23.0. The van der Waals surface area contributed by atoms with E-state index < -0.39 is 72.2 Å². The molecule has 4 aromatic carbocycles. The molecule has 0 fully saturated rings. The number of aryl methyl sites for hydroxylation is 2. The Kier molecular flexibility index (Phi) is 20.5. The van der Waals surface area contributed by atoms with Crippen LogP contribution in [-0.4, -0.2) is 104 Å². The molecule has 0 aliphatic carbocycles. The summed E-state index contributed by atoms with van der Waals surface area (Å²) >= 11 is 11.9. The van der Waals surface area contributed by atoms with Crippen LogP contribution in [0.3, 0.4) is 0 Å². The highest BCUT2D eigenvalue weighted by atomic mass is 35.5. The number of esters is 2. The number of nitrogens with one attached hydrogen (secondary N) is 1. The van der Waals surface area contributed by atoms with Crippen LogP contribution in [0.25, 0.3) is 22.3 Å². The minimum absolute atomic E-state index is 0.00581. The van der Waals surface area contributed by atoms with Crippen LogP contribution in [0.15, 0.2) is 125 Å². The van der Waals surface area contributed by atoms with E-state index in [0.717, 1.165) is 18.0 Å². The fourth-order valence-corrected chi connectivity index (χ4v) is 7.48. The molecule has 0 aliphatic heterocycles. The Hall–Kier alpha value is -9.02. The maximum Gasteiger partial charge on any atom is 0.519 e. The average molecular weight is 1140 g/mol. The Bertz CT molecular complexity index is 3510. The van der Waals surface area contributed by atoms with Crippen molar-refractivity contribution >= 4 is 47.0 Å². The van der Waals surface area contributed by atoms with Gasteiger partial charge in [-0.25, -0.2) is 32.8 Å². The number of hydrogen-bond donors (Lipinski definition) is 7. The molecule has 0 aliphatic rings. The molecule has 1 amide bonds. The molecular formula is C50H46Cl2F2N8O17. The minimum Gasteiger partial charge on any atom is -0.476 e.